The van der Waals surface area contributed by atoms with Crippen molar-refractivity contribution in [2.75, 3.05) is 18.3 Å². The normalized spacial score (nSPS) is 17.6. The summed E-state index contributed by atoms with van der Waals surface area (Å²) in [6.45, 7) is 2.27. The summed E-state index contributed by atoms with van der Waals surface area (Å²) in [5.41, 5.74) is 1.77. The monoisotopic (exact) mass is 522 g/mol. The highest BCUT2D eigenvalue weighted by atomic mass is 35.5. The Bertz CT molecular complexity index is 1500. The molecule has 34 heavy (non-hydrogen) atoms. The first-order valence-corrected chi connectivity index (χ1v) is 13.7. The van der Waals surface area contributed by atoms with Gasteiger partial charge in [0, 0.05) is 43.7 Å². The molecule has 2 heterocycles. The molecule has 1 saturated heterocycles. The maximum Gasteiger partial charge on any atom is 0.281 e. The van der Waals surface area contributed by atoms with E-state index in [0.29, 0.717) is 35.6 Å². The van der Waals surface area contributed by atoms with Crippen molar-refractivity contribution in [3.05, 3.63) is 53.2 Å². The number of nitrogens with one attached hydrogen (secondary N) is 2. The number of aromatic amines is 1. The summed E-state index contributed by atoms with van der Waals surface area (Å²) >= 11 is 6.19. The van der Waals surface area contributed by atoms with Crippen LogP contribution >= 0.6 is 11.6 Å². The molecular weight excluding hydrogens is 500 g/mol. The van der Waals surface area contributed by atoms with Gasteiger partial charge in [0.05, 0.1) is 26.0 Å². The lowest BCUT2D eigenvalue weighted by Crippen LogP contribution is -2.37. The van der Waals surface area contributed by atoms with Crippen LogP contribution in [0.25, 0.3) is 10.9 Å². The average molecular weight is 523 g/mol. The zero-order chi connectivity index (χ0) is 24.7. The highest BCUT2D eigenvalue weighted by Gasteiger charge is 2.23. The molecule has 1 unspecified atom stereocenters. The van der Waals surface area contributed by atoms with E-state index in [1.54, 1.807) is 30.3 Å². The van der Waals surface area contributed by atoms with Crippen LogP contribution < -0.4 is 4.72 Å². The summed E-state index contributed by atoms with van der Waals surface area (Å²) in [6.07, 6.45) is 3.80. The zero-order valence-electron chi connectivity index (χ0n) is 18.4. The summed E-state index contributed by atoms with van der Waals surface area (Å²) in [7, 11) is -6.34. The summed E-state index contributed by atoms with van der Waals surface area (Å²) in [4.78, 5) is 15.9. The molecule has 12 heteroatoms. The van der Waals surface area contributed by atoms with Gasteiger partial charge in [-0.25, -0.2) is 8.42 Å². The fourth-order valence-corrected chi connectivity index (χ4v) is 6.15. The van der Waals surface area contributed by atoms with Crippen molar-refractivity contribution >= 4 is 60.4 Å². The third kappa shape index (κ3) is 4.82. The van der Waals surface area contributed by atoms with Crippen molar-refractivity contribution in [1.29, 1.82) is 0 Å². The van der Waals surface area contributed by atoms with E-state index in [1.807, 2.05) is 6.92 Å². The van der Waals surface area contributed by atoms with E-state index < -0.39 is 20.0 Å². The number of likely N-dealkylation sites (tertiary alicyclic amines) is 1. The molecule has 9 nitrogen and oxygen atoms in total. The fraction of sp³-hybridized carbons (Fsp3) is 0.273. The van der Waals surface area contributed by atoms with Gasteiger partial charge >= 0.3 is 0 Å². The molecule has 1 aliphatic rings. The number of carbonyl (C=O) groups excluding carboxylic acids is 1. The van der Waals surface area contributed by atoms with Crippen LogP contribution in [-0.4, -0.2) is 52.4 Å². The molecule has 1 atom stereocenters. The number of hydrogen-bond donors (Lipinski definition) is 2. The number of aryl methyl sites for hydroxylation is 1. The lowest BCUT2D eigenvalue weighted by Gasteiger charge is -2.27. The maximum absolute atomic E-state index is 12.9. The fourth-order valence-electron chi connectivity index (χ4n) is 3.85. The highest BCUT2D eigenvalue weighted by molar-refractivity contribution is 7.92. The van der Waals surface area contributed by atoms with Gasteiger partial charge < -0.3 is 9.88 Å². The SMILES string of the molecule is Cc1ccc(NS(=O)(=O)c2ccc(S(=O)(=O)/N=C\C3CCC(=O)N(C)C3)cc2)c2[nH]cc(Cl)c12. The first kappa shape index (κ1) is 24.2. The second kappa shape index (κ2) is 9.05. The van der Waals surface area contributed by atoms with Crippen LogP contribution in [0, 0.1) is 12.8 Å². The molecule has 0 aliphatic carbocycles. The van der Waals surface area contributed by atoms with E-state index in [9.17, 15) is 21.6 Å². The molecule has 1 amide bonds. The van der Waals surface area contributed by atoms with Crippen LogP contribution in [0.15, 0.2) is 56.8 Å². The Morgan fingerprint density at radius 2 is 1.79 bits per heavy atom. The van der Waals surface area contributed by atoms with Gasteiger partial charge in [0.1, 0.15) is 0 Å². The third-order valence-corrected chi connectivity index (χ3v) is 8.69. The van der Waals surface area contributed by atoms with E-state index in [0.717, 1.165) is 10.9 Å². The summed E-state index contributed by atoms with van der Waals surface area (Å²) < 4.78 is 57.3. The number of fused-ring (bicyclic) bond motifs is 1. The minimum absolute atomic E-state index is 0.0173. The largest absolute Gasteiger partial charge is 0.358 e. The molecule has 2 aromatic carbocycles. The number of anilines is 1. The second-order valence-electron chi connectivity index (χ2n) is 8.20. The number of hydrogen-bond acceptors (Lipinski definition) is 5. The minimum Gasteiger partial charge on any atom is -0.358 e. The number of H-pyrrole nitrogens is 1. The van der Waals surface area contributed by atoms with E-state index in [2.05, 4.69) is 14.1 Å². The van der Waals surface area contributed by atoms with Crippen molar-refractivity contribution in [1.82, 2.24) is 9.88 Å². The predicted molar refractivity (Wildman–Crippen MR) is 131 cm³/mol. The summed E-state index contributed by atoms with van der Waals surface area (Å²) in [6, 6.07) is 8.22. The van der Waals surface area contributed by atoms with Crippen molar-refractivity contribution < 1.29 is 21.6 Å². The van der Waals surface area contributed by atoms with E-state index in [-0.39, 0.29) is 21.6 Å². The van der Waals surface area contributed by atoms with Crippen LogP contribution in [0.2, 0.25) is 5.02 Å². The van der Waals surface area contributed by atoms with Crippen LogP contribution in [0.1, 0.15) is 18.4 Å². The Kier molecular flexibility index (Phi) is 6.45. The topological polar surface area (TPSA) is 129 Å². The molecule has 0 bridgehead atoms. The van der Waals surface area contributed by atoms with Gasteiger partial charge in [-0.15, -0.1) is 0 Å². The number of carbonyl (C=O) groups is 1. The molecule has 4 rings (SSSR count). The zero-order valence-corrected chi connectivity index (χ0v) is 20.8. The average Bonchev–Trinajstić information content (AvgIpc) is 3.19. The lowest BCUT2D eigenvalue weighted by atomic mass is 10.00. The highest BCUT2D eigenvalue weighted by Crippen LogP contribution is 2.32. The number of sulfonamides is 2. The quantitative estimate of drug-likeness (QED) is 0.478. The summed E-state index contributed by atoms with van der Waals surface area (Å²) in [5.74, 6) is -0.141. The Morgan fingerprint density at radius 3 is 2.47 bits per heavy atom. The first-order chi connectivity index (χ1) is 16.0. The van der Waals surface area contributed by atoms with Crippen LogP contribution in [0.5, 0.6) is 0 Å². The Balaban J connectivity index is 1.53. The van der Waals surface area contributed by atoms with Crippen LogP contribution in [0.3, 0.4) is 0 Å². The van der Waals surface area contributed by atoms with E-state index in [1.165, 1.54) is 30.5 Å². The van der Waals surface area contributed by atoms with Crippen molar-refractivity contribution in [2.24, 2.45) is 10.3 Å². The number of piperidine rings is 1. The minimum atomic E-state index is -4.01. The summed E-state index contributed by atoms with van der Waals surface area (Å²) in [5, 5.41) is 1.20. The number of nitrogens with zero attached hydrogens (tertiary/aromatic N) is 2. The third-order valence-electron chi connectivity index (χ3n) is 5.75. The Hall–Kier alpha value is -2.89. The van der Waals surface area contributed by atoms with Gasteiger partial charge in [-0.05, 0) is 49.2 Å². The number of halogens is 1. The number of rotatable bonds is 6. The molecule has 1 fully saturated rings. The van der Waals surface area contributed by atoms with Crippen molar-refractivity contribution in [3.63, 3.8) is 0 Å². The molecule has 1 aliphatic heterocycles. The standard InChI is InChI=1S/C22H23ClN4O5S2/c1-14-3-9-19(22-21(14)18(23)12-24-22)26-34(31,32)17-7-5-16(6-8-17)33(29,30)25-11-15-4-10-20(28)27(2)13-15/h3,5-9,11-12,15,24,26H,4,10,13H2,1-2H3/b25-11-. The molecule has 1 aromatic heterocycles. The molecular formula is C22H23ClN4O5S2. The molecule has 0 saturated carbocycles. The van der Waals surface area contributed by atoms with E-state index in [4.69, 9.17) is 11.6 Å². The van der Waals surface area contributed by atoms with Crippen molar-refractivity contribution in [2.45, 2.75) is 29.6 Å². The van der Waals surface area contributed by atoms with Crippen LogP contribution in [-0.2, 0) is 24.8 Å². The van der Waals surface area contributed by atoms with Gasteiger partial charge in [-0.2, -0.15) is 12.8 Å². The molecule has 0 spiro atoms. The van der Waals surface area contributed by atoms with Gasteiger partial charge in [-0.1, -0.05) is 17.7 Å². The van der Waals surface area contributed by atoms with Gasteiger partial charge in [0.2, 0.25) is 5.91 Å². The van der Waals surface area contributed by atoms with Gasteiger partial charge in [0.25, 0.3) is 20.0 Å². The molecule has 0 radical (unpaired) electrons. The molecule has 180 valence electrons. The predicted octanol–water partition coefficient (Wildman–Crippen LogP) is 3.56. The molecule has 2 N–H and O–H groups in total. The van der Waals surface area contributed by atoms with Crippen molar-refractivity contribution in [3.8, 4) is 0 Å². The Labute approximate surface area is 202 Å². The van der Waals surface area contributed by atoms with Crippen LogP contribution in [0.4, 0.5) is 5.69 Å². The second-order valence-corrected chi connectivity index (χ2v) is 11.9. The number of benzene rings is 2. The van der Waals surface area contributed by atoms with Gasteiger partial charge in [-0.3, -0.25) is 9.52 Å². The lowest BCUT2D eigenvalue weighted by molar-refractivity contribution is -0.132. The van der Waals surface area contributed by atoms with Gasteiger partial charge in [0.15, 0.2) is 0 Å². The van der Waals surface area contributed by atoms with E-state index >= 15 is 0 Å². The Morgan fingerprint density at radius 1 is 1.12 bits per heavy atom. The first-order valence-electron chi connectivity index (χ1n) is 10.4. The smallest absolute Gasteiger partial charge is 0.281 e. The maximum atomic E-state index is 12.9. The number of aromatic nitrogens is 1. The number of amides is 1. The molecule has 3 aromatic rings.